The van der Waals surface area contributed by atoms with Crippen LogP contribution < -0.4 is 5.32 Å². The van der Waals surface area contributed by atoms with Crippen molar-refractivity contribution in [1.82, 2.24) is 0 Å². The van der Waals surface area contributed by atoms with Crippen LogP contribution in [-0.2, 0) is 9.53 Å². The Bertz CT molecular complexity index is 407. The summed E-state index contributed by atoms with van der Waals surface area (Å²) in [6.45, 7) is 3.49. The van der Waals surface area contributed by atoms with E-state index in [2.05, 4.69) is 5.32 Å². The Morgan fingerprint density at radius 1 is 1.44 bits per heavy atom. The van der Waals surface area contributed by atoms with Crippen LogP contribution in [0.15, 0.2) is 12.1 Å². The molecule has 0 saturated heterocycles. The van der Waals surface area contributed by atoms with E-state index in [0.717, 1.165) is 5.56 Å². The van der Waals surface area contributed by atoms with Crippen molar-refractivity contribution in [2.45, 2.75) is 20.0 Å². The van der Waals surface area contributed by atoms with Gasteiger partial charge in [0, 0.05) is 7.11 Å². The molecule has 1 unspecified atom stereocenters. The van der Waals surface area contributed by atoms with Gasteiger partial charge >= 0.3 is 0 Å². The first-order valence-corrected chi connectivity index (χ1v) is 5.51. The van der Waals surface area contributed by atoms with Crippen molar-refractivity contribution in [2.24, 2.45) is 0 Å². The van der Waals surface area contributed by atoms with E-state index >= 15 is 0 Å². The van der Waals surface area contributed by atoms with Gasteiger partial charge in [-0.15, -0.1) is 0 Å². The number of amides is 1. The second-order valence-electron chi connectivity index (χ2n) is 3.42. The number of aryl methyl sites for hydroxylation is 1. The molecule has 1 aromatic carbocycles. The van der Waals surface area contributed by atoms with Crippen LogP contribution in [0.3, 0.4) is 0 Å². The fourth-order valence-corrected chi connectivity index (χ4v) is 1.57. The quantitative estimate of drug-likeness (QED) is 0.907. The summed E-state index contributed by atoms with van der Waals surface area (Å²) in [5.74, 6) is -0.281. The molecule has 1 amide bonds. The first-order valence-electron chi connectivity index (χ1n) is 4.75. The summed E-state index contributed by atoms with van der Waals surface area (Å²) in [6, 6.07) is 3.48. The molecule has 1 atom stereocenters. The average molecular weight is 262 g/mol. The van der Waals surface area contributed by atoms with E-state index in [4.69, 9.17) is 27.9 Å². The van der Waals surface area contributed by atoms with E-state index < -0.39 is 6.10 Å². The van der Waals surface area contributed by atoms with E-state index in [9.17, 15) is 4.79 Å². The highest BCUT2D eigenvalue weighted by atomic mass is 35.5. The number of anilines is 1. The molecule has 5 heteroatoms. The Morgan fingerprint density at radius 2 is 2.06 bits per heavy atom. The number of ether oxygens (including phenoxy) is 1. The number of carbonyl (C=O) groups is 1. The predicted molar refractivity (Wildman–Crippen MR) is 66.3 cm³/mol. The lowest BCUT2D eigenvalue weighted by atomic mass is 10.2. The Balaban J connectivity index is 2.97. The molecular weight excluding hydrogens is 249 g/mol. The highest BCUT2D eigenvalue weighted by Gasteiger charge is 2.16. The van der Waals surface area contributed by atoms with Gasteiger partial charge in [0.15, 0.2) is 0 Å². The Labute approximate surface area is 105 Å². The molecule has 0 heterocycles. The van der Waals surface area contributed by atoms with Crippen molar-refractivity contribution in [3.8, 4) is 0 Å². The largest absolute Gasteiger partial charge is 0.372 e. The van der Waals surface area contributed by atoms with Crippen LogP contribution in [0.4, 0.5) is 5.69 Å². The molecule has 0 aliphatic heterocycles. The van der Waals surface area contributed by atoms with Crippen LogP contribution in [0.2, 0.25) is 10.0 Å². The highest BCUT2D eigenvalue weighted by Crippen LogP contribution is 2.32. The third-order valence-corrected chi connectivity index (χ3v) is 3.06. The molecule has 0 fully saturated rings. The third-order valence-electron chi connectivity index (χ3n) is 2.26. The Morgan fingerprint density at radius 3 is 2.62 bits per heavy atom. The summed E-state index contributed by atoms with van der Waals surface area (Å²) in [4.78, 5) is 11.6. The summed E-state index contributed by atoms with van der Waals surface area (Å²) >= 11 is 12.0. The normalized spacial score (nSPS) is 12.3. The van der Waals surface area contributed by atoms with E-state index in [1.54, 1.807) is 19.1 Å². The van der Waals surface area contributed by atoms with E-state index in [0.29, 0.717) is 15.7 Å². The molecule has 0 aromatic heterocycles. The van der Waals surface area contributed by atoms with Crippen molar-refractivity contribution in [2.75, 3.05) is 12.4 Å². The maximum absolute atomic E-state index is 11.6. The lowest BCUT2D eigenvalue weighted by Crippen LogP contribution is -2.26. The van der Waals surface area contributed by atoms with Crippen LogP contribution in [0.25, 0.3) is 0 Å². The fourth-order valence-electron chi connectivity index (χ4n) is 1.10. The van der Waals surface area contributed by atoms with Gasteiger partial charge in [0.05, 0.1) is 15.7 Å². The second kappa shape index (κ2) is 5.53. The van der Waals surface area contributed by atoms with Crippen LogP contribution in [0.5, 0.6) is 0 Å². The number of carbonyl (C=O) groups excluding carboxylic acids is 1. The zero-order valence-electron chi connectivity index (χ0n) is 9.30. The van der Waals surface area contributed by atoms with Gasteiger partial charge in [-0.05, 0) is 25.5 Å². The van der Waals surface area contributed by atoms with Crippen LogP contribution in [-0.4, -0.2) is 19.1 Å². The molecule has 0 radical (unpaired) electrons. The Kier molecular flexibility index (Phi) is 4.59. The molecule has 0 spiro atoms. The monoisotopic (exact) mass is 261 g/mol. The van der Waals surface area contributed by atoms with E-state index in [-0.39, 0.29) is 5.91 Å². The average Bonchev–Trinajstić information content (AvgIpc) is 2.28. The molecule has 0 aliphatic carbocycles. The summed E-state index contributed by atoms with van der Waals surface area (Å²) in [5.41, 5.74) is 1.28. The number of benzene rings is 1. The van der Waals surface area contributed by atoms with Crippen molar-refractivity contribution < 1.29 is 9.53 Å². The summed E-state index contributed by atoms with van der Waals surface area (Å²) in [7, 11) is 1.46. The van der Waals surface area contributed by atoms with Gasteiger partial charge in [0.2, 0.25) is 0 Å². The van der Waals surface area contributed by atoms with Crippen molar-refractivity contribution in [1.29, 1.82) is 0 Å². The number of nitrogens with one attached hydrogen (secondary N) is 1. The summed E-state index contributed by atoms with van der Waals surface area (Å²) in [6.07, 6.45) is -0.548. The highest BCUT2D eigenvalue weighted by molar-refractivity contribution is 6.40. The van der Waals surface area contributed by atoms with Crippen LogP contribution in [0, 0.1) is 6.92 Å². The molecule has 1 aromatic rings. The van der Waals surface area contributed by atoms with Crippen LogP contribution >= 0.6 is 23.2 Å². The first kappa shape index (κ1) is 13.3. The molecular formula is C11H13Cl2NO2. The molecule has 0 bridgehead atoms. The van der Waals surface area contributed by atoms with Crippen molar-refractivity contribution in [3.63, 3.8) is 0 Å². The van der Waals surface area contributed by atoms with Gasteiger partial charge in [-0.3, -0.25) is 4.79 Å². The summed E-state index contributed by atoms with van der Waals surface area (Å²) < 4.78 is 4.90. The number of rotatable bonds is 3. The number of halogens is 2. The molecule has 0 aliphatic rings. The third kappa shape index (κ3) is 2.88. The standard InChI is InChI=1S/C11H13Cl2NO2/c1-6-4-5-8(12)10(9(6)13)14-11(15)7(2)16-3/h4-5,7H,1-3H3,(H,14,15). The van der Waals surface area contributed by atoms with E-state index in [1.165, 1.54) is 7.11 Å². The van der Waals surface area contributed by atoms with Gasteiger partial charge in [0.25, 0.3) is 5.91 Å². The predicted octanol–water partition coefficient (Wildman–Crippen LogP) is 3.28. The lowest BCUT2D eigenvalue weighted by molar-refractivity contribution is -0.124. The molecule has 1 rings (SSSR count). The lowest BCUT2D eigenvalue weighted by Gasteiger charge is -2.13. The zero-order chi connectivity index (χ0) is 12.3. The van der Waals surface area contributed by atoms with Crippen LogP contribution in [0.1, 0.15) is 12.5 Å². The van der Waals surface area contributed by atoms with Gasteiger partial charge in [-0.25, -0.2) is 0 Å². The zero-order valence-corrected chi connectivity index (χ0v) is 10.8. The summed E-state index contributed by atoms with van der Waals surface area (Å²) in [5, 5.41) is 3.50. The minimum Gasteiger partial charge on any atom is -0.372 e. The molecule has 88 valence electrons. The van der Waals surface area contributed by atoms with Gasteiger partial charge in [-0.2, -0.15) is 0 Å². The van der Waals surface area contributed by atoms with E-state index in [1.807, 2.05) is 6.92 Å². The first-order chi connectivity index (χ1) is 7.47. The number of hydrogen-bond donors (Lipinski definition) is 1. The minimum atomic E-state index is -0.548. The molecule has 1 N–H and O–H groups in total. The van der Waals surface area contributed by atoms with Gasteiger partial charge in [0.1, 0.15) is 6.10 Å². The topological polar surface area (TPSA) is 38.3 Å². The maximum Gasteiger partial charge on any atom is 0.253 e. The van der Waals surface area contributed by atoms with Gasteiger partial charge in [-0.1, -0.05) is 29.3 Å². The fraction of sp³-hybridized carbons (Fsp3) is 0.364. The number of hydrogen-bond acceptors (Lipinski definition) is 2. The second-order valence-corrected chi connectivity index (χ2v) is 4.21. The maximum atomic E-state index is 11.6. The number of methoxy groups -OCH3 is 1. The minimum absolute atomic E-state index is 0.281. The van der Waals surface area contributed by atoms with Crippen molar-refractivity contribution in [3.05, 3.63) is 27.7 Å². The molecule has 3 nitrogen and oxygen atoms in total. The SMILES string of the molecule is COC(C)C(=O)Nc1c(Cl)ccc(C)c1Cl. The smallest absolute Gasteiger partial charge is 0.253 e. The Hall–Kier alpha value is -0.770. The van der Waals surface area contributed by atoms with Crippen molar-refractivity contribution >= 4 is 34.8 Å². The molecule has 0 saturated carbocycles. The van der Waals surface area contributed by atoms with Gasteiger partial charge < -0.3 is 10.1 Å². The molecule has 16 heavy (non-hydrogen) atoms.